The molecule has 0 unspecified atom stereocenters. The number of benzene rings is 2. The number of nitrogens with zero attached hydrogens (tertiary/aromatic N) is 1. The Bertz CT molecular complexity index is 1020. The molecule has 2 amide bonds. The van der Waals surface area contributed by atoms with Gasteiger partial charge in [-0.3, -0.25) is 9.59 Å². The lowest BCUT2D eigenvalue weighted by molar-refractivity contribution is -0.116. The standard InChI is InChI=1S/C29H39N3O3/c1-21-9-12-25(19-22(21)2)35-27-13-11-24(29(34)30-15-18-32-16-5-6-17-32)20-26(27)31-28(33)14-10-23-7-3-4-8-23/h9,11-13,19-20,23H,3-8,10,14-18H2,1-2H3,(H,30,34)(H,31,33). The molecule has 0 bridgehead atoms. The van der Waals surface area contributed by atoms with Gasteiger partial charge in [-0.15, -0.1) is 0 Å². The fourth-order valence-electron chi connectivity index (χ4n) is 5.05. The third-order valence-electron chi connectivity index (χ3n) is 7.39. The topological polar surface area (TPSA) is 70.7 Å². The summed E-state index contributed by atoms with van der Waals surface area (Å²) in [6.45, 7) is 7.80. The van der Waals surface area contributed by atoms with Crippen molar-refractivity contribution < 1.29 is 14.3 Å². The molecule has 35 heavy (non-hydrogen) atoms. The fourth-order valence-corrected chi connectivity index (χ4v) is 5.05. The summed E-state index contributed by atoms with van der Waals surface area (Å²) >= 11 is 0. The van der Waals surface area contributed by atoms with E-state index in [1.54, 1.807) is 18.2 Å². The minimum Gasteiger partial charge on any atom is -0.455 e. The molecule has 0 radical (unpaired) electrons. The molecular weight excluding hydrogens is 438 g/mol. The summed E-state index contributed by atoms with van der Waals surface area (Å²) in [6, 6.07) is 11.2. The molecule has 0 aromatic heterocycles. The Morgan fingerprint density at radius 3 is 2.49 bits per heavy atom. The van der Waals surface area contributed by atoms with Crippen molar-refractivity contribution >= 4 is 17.5 Å². The van der Waals surface area contributed by atoms with Crippen molar-refractivity contribution in [2.45, 2.75) is 65.2 Å². The summed E-state index contributed by atoms with van der Waals surface area (Å²) in [6.07, 6.45) is 8.86. The predicted molar refractivity (Wildman–Crippen MR) is 140 cm³/mol. The third kappa shape index (κ3) is 7.31. The van der Waals surface area contributed by atoms with Gasteiger partial charge in [0.2, 0.25) is 5.91 Å². The monoisotopic (exact) mass is 477 g/mol. The zero-order chi connectivity index (χ0) is 24.6. The second-order valence-corrected chi connectivity index (χ2v) is 10.1. The first-order valence-electron chi connectivity index (χ1n) is 13.2. The lowest BCUT2D eigenvalue weighted by atomic mass is 10.0. The van der Waals surface area contributed by atoms with Gasteiger partial charge >= 0.3 is 0 Å². The average Bonchev–Trinajstić information content (AvgIpc) is 3.56. The van der Waals surface area contributed by atoms with E-state index in [0.717, 1.165) is 31.6 Å². The van der Waals surface area contributed by atoms with Gasteiger partial charge in [-0.1, -0.05) is 31.7 Å². The van der Waals surface area contributed by atoms with Crippen LogP contribution in [0.2, 0.25) is 0 Å². The van der Waals surface area contributed by atoms with E-state index in [1.165, 1.54) is 44.1 Å². The van der Waals surface area contributed by atoms with Crippen LogP contribution in [-0.4, -0.2) is 42.9 Å². The van der Waals surface area contributed by atoms with Crippen LogP contribution in [-0.2, 0) is 4.79 Å². The van der Waals surface area contributed by atoms with Crippen LogP contribution in [0.1, 0.15) is 72.9 Å². The SMILES string of the molecule is Cc1ccc(Oc2ccc(C(=O)NCCN3CCCC3)cc2NC(=O)CCC2CCCC2)cc1C. The van der Waals surface area contributed by atoms with Crippen molar-refractivity contribution in [1.82, 2.24) is 10.2 Å². The lowest BCUT2D eigenvalue weighted by Crippen LogP contribution is -2.33. The largest absolute Gasteiger partial charge is 0.455 e. The molecular formula is C29H39N3O3. The number of carbonyl (C=O) groups excluding carboxylic acids is 2. The number of amides is 2. The molecule has 2 aromatic rings. The van der Waals surface area contributed by atoms with Crippen LogP contribution in [0.25, 0.3) is 0 Å². The van der Waals surface area contributed by atoms with E-state index in [1.807, 2.05) is 25.1 Å². The first-order chi connectivity index (χ1) is 17.0. The summed E-state index contributed by atoms with van der Waals surface area (Å²) in [5.41, 5.74) is 3.38. The van der Waals surface area contributed by atoms with Crippen molar-refractivity contribution in [3.8, 4) is 11.5 Å². The number of nitrogens with one attached hydrogen (secondary N) is 2. The van der Waals surface area contributed by atoms with Crippen LogP contribution in [0.4, 0.5) is 5.69 Å². The molecule has 2 aromatic carbocycles. The normalized spacial score (nSPS) is 16.4. The highest BCUT2D eigenvalue weighted by atomic mass is 16.5. The second-order valence-electron chi connectivity index (χ2n) is 10.1. The molecule has 6 heteroatoms. The highest BCUT2D eigenvalue weighted by Gasteiger charge is 2.18. The summed E-state index contributed by atoms with van der Waals surface area (Å²) in [4.78, 5) is 28.0. The number of likely N-dealkylation sites (tertiary alicyclic amines) is 1. The lowest BCUT2D eigenvalue weighted by Gasteiger charge is -2.16. The summed E-state index contributed by atoms with van der Waals surface area (Å²) < 4.78 is 6.15. The molecule has 1 saturated heterocycles. The zero-order valence-corrected chi connectivity index (χ0v) is 21.2. The number of anilines is 1. The number of carbonyl (C=O) groups is 2. The van der Waals surface area contributed by atoms with Crippen molar-refractivity contribution in [3.63, 3.8) is 0 Å². The molecule has 1 saturated carbocycles. The van der Waals surface area contributed by atoms with Crippen molar-refractivity contribution in [2.75, 3.05) is 31.5 Å². The summed E-state index contributed by atoms with van der Waals surface area (Å²) in [7, 11) is 0. The maximum Gasteiger partial charge on any atom is 0.251 e. The number of rotatable bonds is 10. The van der Waals surface area contributed by atoms with Crippen LogP contribution in [0.3, 0.4) is 0 Å². The molecule has 2 aliphatic rings. The van der Waals surface area contributed by atoms with E-state index in [4.69, 9.17) is 4.74 Å². The number of hydrogen-bond acceptors (Lipinski definition) is 4. The summed E-state index contributed by atoms with van der Waals surface area (Å²) in [5.74, 6) is 1.73. The molecule has 1 aliphatic carbocycles. The Kier molecular flexibility index (Phi) is 8.80. The molecule has 6 nitrogen and oxygen atoms in total. The maximum absolute atomic E-state index is 12.8. The van der Waals surface area contributed by atoms with Crippen LogP contribution in [0, 0.1) is 19.8 Å². The molecule has 1 heterocycles. The first kappa shape index (κ1) is 25.2. The van der Waals surface area contributed by atoms with Crippen LogP contribution >= 0.6 is 0 Å². The molecule has 0 atom stereocenters. The molecule has 1 aliphatic heterocycles. The average molecular weight is 478 g/mol. The van der Waals surface area contributed by atoms with Gasteiger partial charge in [0.25, 0.3) is 5.91 Å². The molecule has 0 spiro atoms. The van der Waals surface area contributed by atoms with Gasteiger partial charge in [-0.05, 0) is 93.6 Å². The van der Waals surface area contributed by atoms with Crippen LogP contribution in [0.5, 0.6) is 11.5 Å². The van der Waals surface area contributed by atoms with E-state index >= 15 is 0 Å². The predicted octanol–water partition coefficient (Wildman–Crippen LogP) is 5.83. The minimum atomic E-state index is -0.136. The van der Waals surface area contributed by atoms with Gasteiger partial charge < -0.3 is 20.3 Å². The second kappa shape index (κ2) is 12.2. The molecule has 2 N–H and O–H groups in total. The quantitative estimate of drug-likeness (QED) is 0.452. The maximum atomic E-state index is 12.8. The van der Waals surface area contributed by atoms with E-state index in [2.05, 4.69) is 22.5 Å². The Morgan fingerprint density at radius 1 is 0.971 bits per heavy atom. The molecule has 4 rings (SSSR count). The van der Waals surface area contributed by atoms with E-state index in [0.29, 0.717) is 41.6 Å². The van der Waals surface area contributed by atoms with Gasteiger partial charge in [0, 0.05) is 25.1 Å². The minimum absolute atomic E-state index is 0.0339. The Balaban J connectivity index is 1.44. The van der Waals surface area contributed by atoms with E-state index in [-0.39, 0.29) is 11.8 Å². The van der Waals surface area contributed by atoms with Gasteiger partial charge in [0.05, 0.1) is 5.69 Å². The molecule has 188 valence electrons. The van der Waals surface area contributed by atoms with Crippen LogP contribution < -0.4 is 15.4 Å². The first-order valence-corrected chi connectivity index (χ1v) is 13.2. The van der Waals surface area contributed by atoms with Gasteiger partial charge in [-0.25, -0.2) is 0 Å². The summed E-state index contributed by atoms with van der Waals surface area (Å²) in [5, 5.41) is 6.04. The van der Waals surface area contributed by atoms with E-state index < -0.39 is 0 Å². The number of aryl methyl sites for hydroxylation is 2. The number of ether oxygens (including phenoxy) is 1. The van der Waals surface area contributed by atoms with Gasteiger partial charge in [0.15, 0.2) is 5.75 Å². The molecule has 2 fully saturated rings. The van der Waals surface area contributed by atoms with Gasteiger partial charge in [0.1, 0.15) is 5.75 Å². The van der Waals surface area contributed by atoms with Crippen LogP contribution in [0.15, 0.2) is 36.4 Å². The van der Waals surface area contributed by atoms with Crippen molar-refractivity contribution in [2.24, 2.45) is 5.92 Å². The highest BCUT2D eigenvalue weighted by molar-refractivity contribution is 5.98. The van der Waals surface area contributed by atoms with Gasteiger partial charge in [-0.2, -0.15) is 0 Å². The Hall–Kier alpha value is -2.86. The highest BCUT2D eigenvalue weighted by Crippen LogP contribution is 2.33. The third-order valence-corrected chi connectivity index (χ3v) is 7.39. The van der Waals surface area contributed by atoms with E-state index in [9.17, 15) is 9.59 Å². The smallest absolute Gasteiger partial charge is 0.251 e. The fraction of sp³-hybridized carbons (Fsp3) is 0.517. The van der Waals surface area contributed by atoms with Crippen molar-refractivity contribution in [3.05, 3.63) is 53.1 Å². The van der Waals surface area contributed by atoms with Crippen molar-refractivity contribution in [1.29, 1.82) is 0 Å². The zero-order valence-electron chi connectivity index (χ0n) is 21.2. The Labute approximate surface area is 209 Å². The Morgan fingerprint density at radius 2 is 1.74 bits per heavy atom. The number of hydrogen-bond donors (Lipinski definition) is 2.